The maximum atomic E-state index is 6.29. The highest BCUT2D eigenvalue weighted by molar-refractivity contribution is 7.06. The minimum atomic E-state index is -0.793. The first-order chi connectivity index (χ1) is 5.81. The molecule has 0 saturated carbocycles. The first-order valence-electron chi connectivity index (χ1n) is 5.45. The molecular weight excluding hydrogens is 184 g/mol. The van der Waals surface area contributed by atoms with Gasteiger partial charge in [0.2, 0.25) is 0 Å². The Labute approximate surface area is 84.0 Å². The molecule has 0 spiro atoms. The third-order valence-electron chi connectivity index (χ3n) is 2.24. The maximum absolute atomic E-state index is 6.29. The van der Waals surface area contributed by atoms with Gasteiger partial charge in [0.1, 0.15) is 8.11 Å². The zero-order valence-electron chi connectivity index (χ0n) is 8.61. The summed E-state index contributed by atoms with van der Waals surface area (Å²) in [5, 5.41) is 0. The van der Waals surface area contributed by atoms with E-state index in [0.717, 1.165) is 0 Å². The molecule has 2 heteroatoms. The van der Waals surface area contributed by atoms with Crippen molar-refractivity contribution in [2.45, 2.75) is 64.5 Å². The Morgan fingerprint density at radius 1 is 0.833 bits per heavy atom. The molecule has 0 aliphatic carbocycles. The average molecular weight is 207 g/mol. The summed E-state index contributed by atoms with van der Waals surface area (Å²) in [5.41, 5.74) is 0. The van der Waals surface area contributed by atoms with Crippen LogP contribution in [0, 0.1) is 0 Å². The van der Waals surface area contributed by atoms with Gasteiger partial charge >= 0.3 is 0 Å². The minimum absolute atomic E-state index is 0.793. The quantitative estimate of drug-likeness (QED) is 0.315. The van der Waals surface area contributed by atoms with E-state index in [-0.39, 0.29) is 0 Å². The fraction of sp³-hybridized carbons (Fsp3) is 1.00. The Morgan fingerprint density at radius 3 is 1.58 bits per heavy atom. The van der Waals surface area contributed by atoms with Crippen molar-refractivity contribution in [3.63, 3.8) is 0 Å². The van der Waals surface area contributed by atoms with Crippen molar-refractivity contribution in [2.24, 2.45) is 0 Å². The van der Waals surface area contributed by atoms with Crippen molar-refractivity contribution in [1.82, 2.24) is 0 Å². The summed E-state index contributed by atoms with van der Waals surface area (Å²) in [4.78, 5) is 0. The van der Waals surface area contributed by atoms with Crippen molar-refractivity contribution in [3.8, 4) is 0 Å². The van der Waals surface area contributed by atoms with Crippen molar-refractivity contribution in [3.05, 3.63) is 0 Å². The van der Waals surface area contributed by atoms with Crippen LogP contribution in [0.1, 0.15) is 52.4 Å². The lowest BCUT2D eigenvalue weighted by Crippen LogP contribution is -2.02. The fourth-order valence-corrected chi connectivity index (χ4v) is 4.05. The third kappa shape index (κ3) is 8.60. The van der Waals surface area contributed by atoms with Crippen LogP contribution in [0.3, 0.4) is 0 Å². The van der Waals surface area contributed by atoms with Gasteiger partial charge in [0.25, 0.3) is 0 Å². The van der Waals surface area contributed by atoms with Gasteiger partial charge in [-0.25, -0.2) is 0 Å². The molecule has 0 aliphatic heterocycles. The van der Waals surface area contributed by atoms with Crippen LogP contribution < -0.4 is 0 Å². The Hall–Kier alpha value is 0.507. The van der Waals surface area contributed by atoms with Crippen LogP contribution in [0.4, 0.5) is 0 Å². The predicted molar refractivity (Wildman–Crippen MR) is 61.7 cm³/mol. The van der Waals surface area contributed by atoms with Gasteiger partial charge in [0.15, 0.2) is 0 Å². The Bertz CT molecular complexity index is 75.9. The van der Waals surface area contributed by atoms with Crippen LogP contribution in [0.25, 0.3) is 0 Å². The van der Waals surface area contributed by atoms with Gasteiger partial charge < -0.3 is 0 Å². The molecule has 0 N–H and O–H groups in total. The Kier molecular flexibility index (Phi) is 10.00. The lowest BCUT2D eigenvalue weighted by atomic mass is 10.3. The molecule has 74 valence electrons. The van der Waals surface area contributed by atoms with Crippen LogP contribution in [-0.2, 0) is 0 Å². The highest BCUT2D eigenvalue weighted by atomic mass is 35.6. The van der Waals surface area contributed by atoms with E-state index in [1.54, 1.807) is 0 Å². The van der Waals surface area contributed by atoms with E-state index in [9.17, 15) is 0 Å². The lowest BCUT2D eigenvalue weighted by molar-refractivity contribution is 0.750. The summed E-state index contributed by atoms with van der Waals surface area (Å²) in [6.45, 7) is 4.50. The summed E-state index contributed by atoms with van der Waals surface area (Å²) < 4.78 is 0. The molecule has 0 aromatic rings. The summed E-state index contributed by atoms with van der Waals surface area (Å²) >= 11 is 6.29. The zero-order chi connectivity index (χ0) is 9.23. The molecule has 12 heavy (non-hydrogen) atoms. The molecule has 0 aliphatic rings. The molecule has 0 heterocycles. The van der Waals surface area contributed by atoms with E-state index in [1.807, 2.05) is 0 Å². The van der Waals surface area contributed by atoms with E-state index in [1.165, 1.54) is 50.6 Å². The molecule has 0 radical (unpaired) electrons. The third-order valence-corrected chi connectivity index (χ3v) is 5.62. The van der Waals surface area contributed by atoms with Gasteiger partial charge in [-0.15, -0.1) is 0 Å². The normalized spacial score (nSPS) is 11.0. The molecule has 0 nitrogen and oxygen atoms in total. The first-order valence-corrected chi connectivity index (χ1v) is 8.83. The smallest absolute Gasteiger partial charge is 0.141 e. The summed E-state index contributed by atoms with van der Waals surface area (Å²) in [6.07, 6.45) is 8.17. The number of rotatable bonds is 8. The molecule has 0 amide bonds. The molecule has 0 aromatic heterocycles. The number of unbranched alkanes of at least 4 members (excludes halogenated alkanes) is 4. The van der Waals surface area contributed by atoms with Gasteiger partial charge in [-0.05, 0) is 12.1 Å². The van der Waals surface area contributed by atoms with E-state index in [0.29, 0.717) is 0 Å². The second-order valence-electron chi connectivity index (χ2n) is 3.59. The zero-order valence-corrected chi connectivity index (χ0v) is 10.5. The second-order valence-corrected chi connectivity index (χ2v) is 7.79. The van der Waals surface area contributed by atoms with Gasteiger partial charge in [-0.1, -0.05) is 52.4 Å². The average Bonchev–Trinajstić information content (AvgIpc) is 2.06. The summed E-state index contributed by atoms with van der Waals surface area (Å²) in [6, 6.07) is 2.72. The van der Waals surface area contributed by atoms with Crippen molar-refractivity contribution in [1.29, 1.82) is 0 Å². The number of hydrogen-bond donors (Lipinski definition) is 0. The topological polar surface area (TPSA) is 0 Å². The van der Waals surface area contributed by atoms with Gasteiger partial charge in [-0.2, -0.15) is 11.1 Å². The molecular formula is C10H23ClSi. The van der Waals surface area contributed by atoms with Gasteiger partial charge in [-0.3, -0.25) is 0 Å². The molecule has 0 atom stereocenters. The van der Waals surface area contributed by atoms with Crippen molar-refractivity contribution in [2.75, 3.05) is 0 Å². The fourth-order valence-electron chi connectivity index (χ4n) is 1.38. The van der Waals surface area contributed by atoms with Crippen LogP contribution in [0.2, 0.25) is 12.1 Å². The van der Waals surface area contributed by atoms with Gasteiger partial charge in [0, 0.05) is 0 Å². The highest BCUT2D eigenvalue weighted by Gasteiger charge is 2.05. The van der Waals surface area contributed by atoms with Crippen molar-refractivity contribution >= 4 is 19.2 Å². The van der Waals surface area contributed by atoms with E-state index >= 15 is 0 Å². The highest BCUT2D eigenvalue weighted by Crippen LogP contribution is 2.14. The Balaban J connectivity index is 3.04. The standard InChI is InChI=1S/C10H23ClSi/c1-3-5-7-9-12(11)10-8-6-4-2/h12H,3-10H2,1-2H3. The summed E-state index contributed by atoms with van der Waals surface area (Å²) in [7, 11) is -0.793. The number of hydrogen-bond acceptors (Lipinski definition) is 0. The van der Waals surface area contributed by atoms with Crippen LogP contribution in [0.15, 0.2) is 0 Å². The molecule has 0 fully saturated rings. The second kappa shape index (κ2) is 9.59. The van der Waals surface area contributed by atoms with E-state index < -0.39 is 8.11 Å². The SMILES string of the molecule is CCCCC[SiH](Cl)CCCCC. The van der Waals surface area contributed by atoms with Crippen molar-refractivity contribution < 1.29 is 0 Å². The molecule has 0 aromatic carbocycles. The van der Waals surface area contributed by atoms with Crippen LogP contribution in [0.5, 0.6) is 0 Å². The van der Waals surface area contributed by atoms with Crippen LogP contribution >= 0.6 is 11.1 Å². The number of halogens is 1. The molecule has 0 unspecified atom stereocenters. The van der Waals surface area contributed by atoms with E-state index in [4.69, 9.17) is 11.1 Å². The van der Waals surface area contributed by atoms with E-state index in [2.05, 4.69) is 13.8 Å². The first kappa shape index (κ1) is 12.5. The minimum Gasteiger partial charge on any atom is -0.172 e. The molecule has 0 saturated heterocycles. The predicted octanol–water partition coefficient (Wildman–Crippen LogP) is 4.33. The van der Waals surface area contributed by atoms with Crippen LogP contribution in [-0.4, -0.2) is 8.11 Å². The Morgan fingerprint density at radius 2 is 1.25 bits per heavy atom. The monoisotopic (exact) mass is 206 g/mol. The molecule has 0 rings (SSSR count). The molecule has 0 bridgehead atoms. The summed E-state index contributed by atoms with van der Waals surface area (Å²) in [5.74, 6) is 0. The van der Waals surface area contributed by atoms with Gasteiger partial charge in [0.05, 0.1) is 0 Å². The lowest BCUT2D eigenvalue weighted by Gasteiger charge is -2.05. The largest absolute Gasteiger partial charge is 0.172 e. The maximum Gasteiger partial charge on any atom is 0.141 e.